The van der Waals surface area contributed by atoms with Gasteiger partial charge in [-0.1, -0.05) is 12.5 Å². The summed E-state index contributed by atoms with van der Waals surface area (Å²) >= 11 is 1.68. The van der Waals surface area contributed by atoms with Crippen LogP contribution in [0.2, 0.25) is 0 Å². The third-order valence-corrected chi connectivity index (χ3v) is 3.69. The highest BCUT2D eigenvalue weighted by atomic mass is 35.5. The topological polar surface area (TPSA) is 41.1 Å². The Labute approximate surface area is 119 Å². The summed E-state index contributed by atoms with van der Waals surface area (Å²) in [6.07, 6.45) is 5.28. The monoisotopic (exact) mass is 286 g/mol. The van der Waals surface area contributed by atoms with Crippen molar-refractivity contribution in [2.75, 3.05) is 18.1 Å². The summed E-state index contributed by atoms with van der Waals surface area (Å²) in [5.74, 6) is 0.0861. The van der Waals surface area contributed by atoms with E-state index >= 15 is 0 Å². The van der Waals surface area contributed by atoms with Gasteiger partial charge in [-0.05, 0) is 43.8 Å². The maximum Gasteiger partial charge on any atom is 0.241 e. The Hall–Kier alpha value is -0.710. The largest absolute Gasteiger partial charge is 0.325 e. The molecule has 3 nitrogen and oxygen atoms in total. The molecule has 1 aliphatic heterocycles. The van der Waals surface area contributed by atoms with Crippen LogP contribution in [-0.2, 0) is 4.79 Å². The van der Waals surface area contributed by atoms with Crippen molar-refractivity contribution in [3.8, 4) is 0 Å². The van der Waals surface area contributed by atoms with Gasteiger partial charge < -0.3 is 10.6 Å². The lowest BCUT2D eigenvalue weighted by Crippen LogP contribution is -2.43. The molecule has 1 saturated heterocycles. The number of anilines is 1. The van der Waals surface area contributed by atoms with E-state index in [4.69, 9.17) is 0 Å². The van der Waals surface area contributed by atoms with Gasteiger partial charge in [0.05, 0.1) is 6.04 Å². The summed E-state index contributed by atoms with van der Waals surface area (Å²) in [7, 11) is 0. The lowest BCUT2D eigenvalue weighted by atomic mass is 10.0. The molecule has 0 unspecified atom stereocenters. The van der Waals surface area contributed by atoms with E-state index in [9.17, 15) is 4.79 Å². The first-order valence-corrected chi connectivity index (χ1v) is 7.20. The number of hydrogen-bond acceptors (Lipinski definition) is 3. The minimum atomic E-state index is -0.0262. The Kier molecular flexibility index (Phi) is 6.54. The van der Waals surface area contributed by atoms with Crippen molar-refractivity contribution in [1.82, 2.24) is 5.32 Å². The summed E-state index contributed by atoms with van der Waals surface area (Å²) in [5, 5.41) is 6.22. The molecule has 1 fully saturated rings. The Bertz CT molecular complexity index is 394. The molecule has 0 bridgehead atoms. The van der Waals surface area contributed by atoms with E-state index < -0.39 is 0 Å². The van der Waals surface area contributed by atoms with Crippen molar-refractivity contribution >= 4 is 35.8 Å². The van der Waals surface area contributed by atoms with E-state index in [1.54, 1.807) is 11.8 Å². The molecular formula is C13H19ClN2OS. The smallest absolute Gasteiger partial charge is 0.241 e. The standard InChI is InChI=1S/C13H18N2OS.ClH/c1-17-11-6-4-5-10(9-11)15-13(16)12-7-2-3-8-14-12;/h4-6,9,12,14H,2-3,7-8H2,1H3,(H,15,16);1H/t12-;/m1./s1. The van der Waals surface area contributed by atoms with E-state index in [1.165, 1.54) is 11.3 Å². The number of amides is 1. The fourth-order valence-corrected chi connectivity index (χ4v) is 2.47. The summed E-state index contributed by atoms with van der Waals surface area (Å²) < 4.78 is 0. The van der Waals surface area contributed by atoms with Gasteiger partial charge in [0.15, 0.2) is 0 Å². The van der Waals surface area contributed by atoms with Crippen LogP contribution < -0.4 is 10.6 Å². The van der Waals surface area contributed by atoms with Gasteiger partial charge in [-0.15, -0.1) is 24.2 Å². The molecule has 1 amide bonds. The Morgan fingerprint density at radius 2 is 2.28 bits per heavy atom. The van der Waals surface area contributed by atoms with E-state index in [2.05, 4.69) is 10.6 Å². The van der Waals surface area contributed by atoms with Gasteiger partial charge in [0.1, 0.15) is 0 Å². The first kappa shape index (κ1) is 15.3. The summed E-state index contributed by atoms with van der Waals surface area (Å²) in [4.78, 5) is 13.2. The maximum absolute atomic E-state index is 12.0. The molecule has 1 atom stereocenters. The predicted molar refractivity (Wildman–Crippen MR) is 79.7 cm³/mol. The van der Waals surface area contributed by atoms with Crippen LogP contribution in [0.15, 0.2) is 29.2 Å². The lowest BCUT2D eigenvalue weighted by molar-refractivity contribution is -0.118. The number of thioether (sulfide) groups is 1. The molecule has 0 spiro atoms. The summed E-state index contributed by atoms with van der Waals surface area (Å²) in [6, 6.07) is 7.92. The van der Waals surface area contributed by atoms with Crippen molar-refractivity contribution < 1.29 is 4.79 Å². The molecule has 18 heavy (non-hydrogen) atoms. The first-order valence-electron chi connectivity index (χ1n) is 5.98. The molecule has 1 aromatic rings. The minimum absolute atomic E-state index is 0. The Morgan fingerprint density at radius 1 is 1.44 bits per heavy atom. The molecule has 0 aliphatic carbocycles. The van der Waals surface area contributed by atoms with Crippen LogP contribution in [0, 0.1) is 0 Å². The number of halogens is 1. The second kappa shape index (κ2) is 7.67. The second-order valence-corrected chi connectivity index (χ2v) is 5.10. The fourth-order valence-electron chi connectivity index (χ4n) is 2.01. The van der Waals surface area contributed by atoms with Crippen LogP contribution in [0.5, 0.6) is 0 Å². The van der Waals surface area contributed by atoms with Gasteiger partial charge in [-0.25, -0.2) is 0 Å². The number of hydrogen-bond donors (Lipinski definition) is 2. The molecule has 2 rings (SSSR count). The van der Waals surface area contributed by atoms with Crippen molar-refractivity contribution in [2.24, 2.45) is 0 Å². The normalized spacial score (nSPS) is 18.8. The zero-order valence-corrected chi connectivity index (χ0v) is 12.1. The average Bonchev–Trinajstić information content (AvgIpc) is 2.40. The van der Waals surface area contributed by atoms with E-state index in [0.29, 0.717) is 0 Å². The molecule has 2 N–H and O–H groups in total. The van der Waals surface area contributed by atoms with Crippen molar-refractivity contribution in [3.63, 3.8) is 0 Å². The highest BCUT2D eigenvalue weighted by molar-refractivity contribution is 7.98. The third kappa shape index (κ3) is 4.19. The van der Waals surface area contributed by atoms with Gasteiger partial charge in [-0.3, -0.25) is 4.79 Å². The van der Waals surface area contributed by atoms with Crippen LogP contribution in [0.1, 0.15) is 19.3 Å². The van der Waals surface area contributed by atoms with E-state index in [-0.39, 0.29) is 24.4 Å². The van der Waals surface area contributed by atoms with E-state index in [1.807, 2.05) is 30.5 Å². The van der Waals surface area contributed by atoms with Gasteiger partial charge in [0, 0.05) is 10.6 Å². The molecule has 0 saturated carbocycles. The van der Waals surface area contributed by atoms with E-state index in [0.717, 1.165) is 25.1 Å². The quantitative estimate of drug-likeness (QED) is 0.840. The predicted octanol–water partition coefficient (Wildman–Crippen LogP) is 2.91. The molecule has 100 valence electrons. The number of piperidine rings is 1. The number of nitrogens with one attached hydrogen (secondary N) is 2. The van der Waals surface area contributed by atoms with Gasteiger partial charge in [0.2, 0.25) is 5.91 Å². The number of carbonyl (C=O) groups excluding carboxylic acids is 1. The highest BCUT2D eigenvalue weighted by Gasteiger charge is 2.20. The first-order chi connectivity index (χ1) is 8.29. The van der Waals surface area contributed by atoms with Crippen molar-refractivity contribution in [2.45, 2.75) is 30.2 Å². The lowest BCUT2D eigenvalue weighted by Gasteiger charge is -2.22. The molecular weight excluding hydrogens is 268 g/mol. The second-order valence-electron chi connectivity index (χ2n) is 4.22. The van der Waals surface area contributed by atoms with Gasteiger partial charge in [0.25, 0.3) is 0 Å². The van der Waals surface area contributed by atoms with Gasteiger partial charge in [-0.2, -0.15) is 0 Å². The molecule has 1 aromatic carbocycles. The van der Waals surface area contributed by atoms with Crippen molar-refractivity contribution in [3.05, 3.63) is 24.3 Å². The zero-order valence-electron chi connectivity index (χ0n) is 10.4. The molecule has 1 heterocycles. The summed E-state index contributed by atoms with van der Waals surface area (Å²) in [6.45, 7) is 0.947. The Balaban J connectivity index is 0.00000162. The number of carbonyl (C=O) groups is 1. The maximum atomic E-state index is 12.0. The van der Waals surface area contributed by atoms with Crippen molar-refractivity contribution in [1.29, 1.82) is 0 Å². The number of rotatable bonds is 3. The fraction of sp³-hybridized carbons (Fsp3) is 0.462. The zero-order chi connectivity index (χ0) is 12.1. The van der Waals surface area contributed by atoms with Crippen LogP contribution in [0.4, 0.5) is 5.69 Å². The molecule has 5 heteroatoms. The van der Waals surface area contributed by atoms with Crippen LogP contribution in [0.3, 0.4) is 0 Å². The van der Waals surface area contributed by atoms with Gasteiger partial charge >= 0.3 is 0 Å². The third-order valence-electron chi connectivity index (χ3n) is 2.96. The SMILES string of the molecule is CSc1cccc(NC(=O)[C@H]2CCCCN2)c1.Cl. The van der Waals surface area contributed by atoms with Crippen LogP contribution in [-0.4, -0.2) is 24.7 Å². The highest BCUT2D eigenvalue weighted by Crippen LogP contribution is 2.19. The molecule has 0 aromatic heterocycles. The average molecular weight is 287 g/mol. The molecule has 1 aliphatic rings. The minimum Gasteiger partial charge on any atom is -0.325 e. The summed E-state index contributed by atoms with van der Waals surface area (Å²) in [5.41, 5.74) is 0.884. The number of benzene rings is 1. The molecule has 0 radical (unpaired) electrons. The Morgan fingerprint density at radius 3 is 2.94 bits per heavy atom. The van der Waals surface area contributed by atoms with Crippen LogP contribution >= 0.6 is 24.2 Å². The van der Waals surface area contributed by atoms with Crippen LogP contribution in [0.25, 0.3) is 0 Å².